The summed E-state index contributed by atoms with van der Waals surface area (Å²) in [6, 6.07) is 8.88. The molecule has 0 bridgehead atoms. The lowest BCUT2D eigenvalue weighted by molar-refractivity contribution is 0.616. The van der Waals surface area contributed by atoms with Gasteiger partial charge in [0.05, 0.1) is 15.7 Å². The SMILES string of the molecule is C[C@H](N[S@](=O)C(C)(C)C)c1ccc(C2(C)CC2)cc1.S. The number of rotatable bonds is 4. The predicted octanol–water partition coefficient (Wildman–Crippen LogP) is 3.96. The average molecular weight is 314 g/mol. The highest BCUT2D eigenvalue weighted by Gasteiger charge is 2.38. The molecule has 4 heteroatoms. The Hall–Kier alpha value is -0.320. The largest absolute Gasteiger partial charge is 0.242 e. The molecular formula is C16H27NOS2. The van der Waals surface area contributed by atoms with Crippen LogP contribution in [0.3, 0.4) is 0 Å². The second-order valence-electron chi connectivity index (χ2n) is 6.90. The Morgan fingerprint density at radius 3 is 2.10 bits per heavy atom. The smallest absolute Gasteiger partial charge is 0.0975 e. The summed E-state index contributed by atoms with van der Waals surface area (Å²) in [7, 11) is -1.03. The van der Waals surface area contributed by atoms with E-state index in [9.17, 15) is 4.21 Å². The Labute approximate surface area is 132 Å². The molecule has 0 amide bonds. The molecule has 1 fully saturated rings. The highest BCUT2D eigenvalue weighted by atomic mass is 32.2. The lowest BCUT2D eigenvalue weighted by Crippen LogP contribution is -2.34. The van der Waals surface area contributed by atoms with Crippen LogP contribution in [-0.2, 0) is 16.4 Å². The van der Waals surface area contributed by atoms with Crippen molar-refractivity contribution in [3.8, 4) is 0 Å². The fourth-order valence-corrected chi connectivity index (χ4v) is 2.87. The van der Waals surface area contributed by atoms with Crippen LogP contribution in [0, 0.1) is 0 Å². The first-order valence-corrected chi connectivity index (χ1v) is 8.16. The van der Waals surface area contributed by atoms with Crippen molar-refractivity contribution < 1.29 is 4.21 Å². The maximum Gasteiger partial charge on any atom is 0.0975 e. The van der Waals surface area contributed by atoms with Crippen LogP contribution in [0.1, 0.15) is 64.6 Å². The molecule has 2 atom stereocenters. The van der Waals surface area contributed by atoms with E-state index in [0.29, 0.717) is 5.41 Å². The van der Waals surface area contributed by atoms with Crippen LogP contribution in [-0.4, -0.2) is 8.96 Å². The van der Waals surface area contributed by atoms with Crippen molar-refractivity contribution >= 4 is 24.5 Å². The lowest BCUT2D eigenvalue weighted by Gasteiger charge is -2.22. The van der Waals surface area contributed by atoms with E-state index in [-0.39, 0.29) is 24.3 Å². The van der Waals surface area contributed by atoms with Gasteiger partial charge in [-0.25, -0.2) is 8.93 Å². The van der Waals surface area contributed by atoms with Crippen LogP contribution in [0.25, 0.3) is 0 Å². The van der Waals surface area contributed by atoms with Gasteiger partial charge in [0, 0.05) is 6.04 Å². The second-order valence-corrected chi connectivity index (χ2v) is 8.90. The molecule has 0 aromatic heterocycles. The van der Waals surface area contributed by atoms with Crippen LogP contribution in [0.5, 0.6) is 0 Å². The molecule has 0 unspecified atom stereocenters. The molecule has 114 valence electrons. The number of nitrogens with one attached hydrogen (secondary N) is 1. The zero-order chi connectivity index (χ0) is 14.3. The van der Waals surface area contributed by atoms with E-state index in [1.54, 1.807) is 0 Å². The van der Waals surface area contributed by atoms with Gasteiger partial charge in [-0.15, -0.1) is 0 Å². The first-order chi connectivity index (χ1) is 8.72. The molecule has 0 heterocycles. The van der Waals surface area contributed by atoms with Gasteiger partial charge in [0.1, 0.15) is 0 Å². The summed E-state index contributed by atoms with van der Waals surface area (Å²) >= 11 is 0. The molecule has 0 aliphatic heterocycles. The maximum absolute atomic E-state index is 12.1. The Balaban J connectivity index is 0.00000200. The van der Waals surface area contributed by atoms with Gasteiger partial charge in [-0.3, -0.25) is 0 Å². The third kappa shape index (κ3) is 4.09. The van der Waals surface area contributed by atoms with Crippen molar-refractivity contribution in [2.24, 2.45) is 0 Å². The van der Waals surface area contributed by atoms with Crippen LogP contribution in [0.4, 0.5) is 0 Å². The fraction of sp³-hybridized carbons (Fsp3) is 0.625. The summed E-state index contributed by atoms with van der Waals surface area (Å²) in [4.78, 5) is 0. The van der Waals surface area contributed by atoms with Gasteiger partial charge in [0.15, 0.2) is 0 Å². The molecule has 1 N–H and O–H groups in total. The minimum atomic E-state index is -1.03. The highest BCUT2D eigenvalue weighted by Crippen LogP contribution is 2.47. The first kappa shape index (κ1) is 17.7. The summed E-state index contributed by atoms with van der Waals surface area (Å²) in [6.45, 7) is 10.3. The molecule has 20 heavy (non-hydrogen) atoms. The van der Waals surface area contributed by atoms with E-state index in [2.05, 4.69) is 42.8 Å². The van der Waals surface area contributed by atoms with E-state index in [1.807, 2.05) is 20.8 Å². The summed E-state index contributed by atoms with van der Waals surface area (Å²) in [5.74, 6) is 0. The normalized spacial score (nSPS) is 19.9. The number of hydrogen-bond acceptors (Lipinski definition) is 1. The maximum atomic E-state index is 12.1. The quantitative estimate of drug-likeness (QED) is 0.895. The molecule has 1 saturated carbocycles. The third-order valence-corrected chi connectivity index (χ3v) is 5.63. The molecule has 0 radical (unpaired) electrons. The first-order valence-electron chi connectivity index (χ1n) is 7.01. The Bertz CT molecular complexity index is 472. The van der Waals surface area contributed by atoms with Crippen LogP contribution in [0.2, 0.25) is 0 Å². The molecule has 0 spiro atoms. The summed E-state index contributed by atoms with van der Waals surface area (Å²) in [5.41, 5.74) is 3.05. The Morgan fingerprint density at radius 1 is 1.20 bits per heavy atom. The molecule has 2 rings (SSSR count). The molecular weight excluding hydrogens is 286 g/mol. The molecule has 1 aromatic carbocycles. The fourth-order valence-electron chi connectivity index (χ4n) is 2.06. The van der Waals surface area contributed by atoms with Crippen LogP contribution < -0.4 is 4.72 Å². The monoisotopic (exact) mass is 313 g/mol. The van der Waals surface area contributed by atoms with Crippen LogP contribution in [0.15, 0.2) is 24.3 Å². The van der Waals surface area contributed by atoms with Crippen molar-refractivity contribution in [3.63, 3.8) is 0 Å². The zero-order valence-corrected chi connectivity index (χ0v) is 14.9. The van der Waals surface area contributed by atoms with E-state index < -0.39 is 11.0 Å². The summed E-state index contributed by atoms with van der Waals surface area (Å²) in [6.07, 6.45) is 2.60. The number of benzene rings is 1. The summed E-state index contributed by atoms with van der Waals surface area (Å²) in [5, 5.41) is 0. The van der Waals surface area contributed by atoms with E-state index in [1.165, 1.54) is 24.0 Å². The van der Waals surface area contributed by atoms with Crippen molar-refractivity contribution in [1.82, 2.24) is 4.72 Å². The Kier molecular flexibility index (Phi) is 5.50. The van der Waals surface area contributed by atoms with Gasteiger partial charge < -0.3 is 0 Å². The van der Waals surface area contributed by atoms with Gasteiger partial charge in [-0.1, -0.05) is 31.2 Å². The van der Waals surface area contributed by atoms with Gasteiger partial charge in [0.25, 0.3) is 0 Å². The standard InChI is InChI=1S/C16H25NOS.H2S/c1-12(17-19(18)15(2,3)4)13-6-8-14(9-7-13)16(5)10-11-16;/h6-9,12,17H,10-11H2,1-5H3;1H2/t12-,19+;/m0./s1. The van der Waals surface area contributed by atoms with Gasteiger partial charge >= 0.3 is 0 Å². The zero-order valence-electron chi connectivity index (χ0n) is 13.1. The second kappa shape index (κ2) is 6.20. The van der Waals surface area contributed by atoms with Crippen molar-refractivity contribution in [2.75, 3.05) is 0 Å². The Morgan fingerprint density at radius 2 is 1.70 bits per heavy atom. The van der Waals surface area contributed by atoms with Crippen LogP contribution >= 0.6 is 13.5 Å². The average Bonchev–Trinajstić information content (AvgIpc) is 3.07. The topological polar surface area (TPSA) is 29.1 Å². The van der Waals surface area contributed by atoms with Gasteiger partial charge in [0.2, 0.25) is 0 Å². The number of hydrogen-bond donors (Lipinski definition) is 1. The molecule has 0 saturated heterocycles. The minimum absolute atomic E-state index is 0. The molecule has 2 nitrogen and oxygen atoms in total. The molecule has 1 aliphatic rings. The predicted molar refractivity (Wildman–Crippen MR) is 92.9 cm³/mol. The molecule has 1 aliphatic carbocycles. The summed E-state index contributed by atoms with van der Waals surface area (Å²) < 4.78 is 15.0. The molecule has 1 aromatic rings. The van der Waals surface area contributed by atoms with E-state index >= 15 is 0 Å². The highest BCUT2D eigenvalue weighted by molar-refractivity contribution is 7.84. The van der Waals surface area contributed by atoms with E-state index in [0.717, 1.165) is 0 Å². The van der Waals surface area contributed by atoms with Crippen molar-refractivity contribution in [1.29, 1.82) is 0 Å². The third-order valence-electron chi connectivity index (χ3n) is 3.95. The van der Waals surface area contributed by atoms with Crippen molar-refractivity contribution in [3.05, 3.63) is 35.4 Å². The van der Waals surface area contributed by atoms with Gasteiger partial charge in [-0.05, 0) is 57.1 Å². The minimum Gasteiger partial charge on any atom is -0.242 e. The van der Waals surface area contributed by atoms with Crippen molar-refractivity contribution in [2.45, 2.75) is 63.7 Å². The lowest BCUT2D eigenvalue weighted by atomic mass is 9.96. The van der Waals surface area contributed by atoms with E-state index in [4.69, 9.17) is 0 Å². The van der Waals surface area contributed by atoms with Gasteiger partial charge in [-0.2, -0.15) is 13.5 Å².